The van der Waals surface area contributed by atoms with Crippen molar-refractivity contribution in [1.29, 1.82) is 5.26 Å². The van der Waals surface area contributed by atoms with E-state index in [0.29, 0.717) is 5.56 Å². The Morgan fingerprint density at radius 3 is 3.08 bits per heavy atom. The molecular formula is C8H6N4. The second-order valence-corrected chi connectivity index (χ2v) is 2.51. The Labute approximate surface area is 69.1 Å². The zero-order chi connectivity index (χ0) is 8.55. The molecule has 0 N–H and O–H groups in total. The van der Waals surface area contributed by atoms with Crippen molar-refractivity contribution in [3.8, 4) is 6.07 Å². The first-order chi connectivity index (χ1) is 5.81. The van der Waals surface area contributed by atoms with Gasteiger partial charge in [0.25, 0.3) is 0 Å². The van der Waals surface area contributed by atoms with E-state index in [1.165, 1.54) is 0 Å². The second kappa shape index (κ2) is 2.31. The van der Waals surface area contributed by atoms with E-state index in [9.17, 15) is 0 Å². The molecule has 4 nitrogen and oxygen atoms in total. The topological polar surface area (TPSA) is 54.5 Å². The lowest BCUT2D eigenvalue weighted by Gasteiger charge is -1.92. The van der Waals surface area contributed by atoms with E-state index < -0.39 is 0 Å². The molecule has 2 aromatic rings. The Morgan fingerprint density at radius 1 is 1.50 bits per heavy atom. The number of nitriles is 1. The van der Waals surface area contributed by atoms with Crippen LogP contribution in [0.25, 0.3) is 11.0 Å². The highest BCUT2D eigenvalue weighted by Crippen LogP contribution is 2.10. The molecule has 0 aliphatic rings. The molecule has 2 aromatic heterocycles. The van der Waals surface area contributed by atoms with Crippen LogP contribution < -0.4 is 0 Å². The molecule has 4 heteroatoms. The Morgan fingerprint density at radius 2 is 2.33 bits per heavy atom. The van der Waals surface area contributed by atoms with Gasteiger partial charge in [-0.1, -0.05) is 0 Å². The lowest BCUT2D eigenvalue weighted by atomic mass is 10.3. The molecular weight excluding hydrogens is 152 g/mol. The van der Waals surface area contributed by atoms with Crippen LogP contribution in [0.1, 0.15) is 5.56 Å². The van der Waals surface area contributed by atoms with Crippen molar-refractivity contribution in [2.75, 3.05) is 0 Å². The van der Waals surface area contributed by atoms with Crippen molar-refractivity contribution in [3.63, 3.8) is 0 Å². The summed E-state index contributed by atoms with van der Waals surface area (Å²) in [4.78, 5) is 4.07. The number of nitrogens with zero attached hydrogens (tertiary/aromatic N) is 4. The van der Waals surface area contributed by atoms with E-state index in [1.54, 1.807) is 23.1 Å². The van der Waals surface area contributed by atoms with Crippen LogP contribution in [-0.2, 0) is 7.05 Å². The summed E-state index contributed by atoms with van der Waals surface area (Å²) in [5, 5.41) is 12.6. The predicted octanol–water partition coefficient (Wildman–Crippen LogP) is 0.840. The van der Waals surface area contributed by atoms with Crippen molar-refractivity contribution in [1.82, 2.24) is 14.8 Å². The van der Waals surface area contributed by atoms with Crippen molar-refractivity contribution in [2.45, 2.75) is 0 Å². The SMILES string of the molecule is Cn1ncc2ncc(C#N)cc21. The average Bonchev–Trinajstić information content (AvgIpc) is 2.47. The fraction of sp³-hybridized carbons (Fsp3) is 0.125. The van der Waals surface area contributed by atoms with Gasteiger partial charge in [0.2, 0.25) is 0 Å². The standard InChI is InChI=1S/C8H6N4/c1-12-8-2-6(3-9)4-10-7(8)5-11-12/h2,4-5H,1H3. The first-order valence-electron chi connectivity index (χ1n) is 3.49. The zero-order valence-electron chi connectivity index (χ0n) is 6.52. The van der Waals surface area contributed by atoms with Crippen LogP contribution in [0.5, 0.6) is 0 Å². The van der Waals surface area contributed by atoms with Gasteiger partial charge in [-0.05, 0) is 6.07 Å². The monoisotopic (exact) mass is 158 g/mol. The van der Waals surface area contributed by atoms with Crippen LogP contribution in [0.3, 0.4) is 0 Å². The summed E-state index contributed by atoms with van der Waals surface area (Å²) in [5.74, 6) is 0. The minimum atomic E-state index is 0.561. The number of hydrogen-bond donors (Lipinski definition) is 0. The molecule has 0 fully saturated rings. The van der Waals surface area contributed by atoms with Gasteiger partial charge in [0, 0.05) is 13.2 Å². The predicted molar refractivity (Wildman–Crippen MR) is 43.2 cm³/mol. The minimum Gasteiger partial charge on any atom is -0.266 e. The molecule has 0 radical (unpaired) electrons. The van der Waals surface area contributed by atoms with Crippen LogP contribution >= 0.6 is 0 Å². The lowest BCUT2D eigenvalue weighted by molar-refractivity contribution is 0.797. The lowest BCUT2D eigenvalue weighted by Crippen LogP contribution is -1.89. The molecule has 0 saturated heterocycles. The van der Waals surface area contributed by atoms with Crippen LogP contribution in [0.4, 0.5) is 0 Å². The van der Waals surface area contributed by atoms with Crippen molar-refractivity contribution >= 4 is 11.0 Å². The van der Waals surface area contributed by atoms with Crippen molar-refractivity contribution in [2.24, 2.45) is 7.05 Å². The maximum absolute atomic E-state index is 8.61. The summed E-state index contributed by atoms with van der Waals surface area (Å²) < 4.78 is 1.70. The van der Waals surface area contributed by atoms with E-state index in [4.69, 9.17) is 5.26 Å². The molecule has 2 heterocycles. The van der Waals surface area contributed by atoms with Gasteiger partial charge < -0.3 is 0 Å². The largest absolute Gasteiger partial charge is 0.266 e. The summed E-state index contributed by atoms with van der Waals surface area (Å²) in [5.41, 5.74) is 2.26. The third-order valence-corrected chi connectivity index (χ3v) is 1.73. The van der Waals surface area contributed by atoms with Crippen molar-refractivity contribution in [3.05, 3.63) is 24.0 Å². The molecule has 0 spiro atoms. The van der Waals surface area contributed by atoms with Gasteiger partial charge in [0.15, 0.2) is 0 Å². The van der Waals surface area contributed by atoms with Gasteiger partial charge in [-0.2, -0.15) is 10.4 Å². The summed E-state index contributed by atoms with van der Waals surface area (Å²) in [6.45, 7) is 0. The molecule has 0 atom stereocenters. The first-order valence-corrected chi connectivity index (χ1v) is 3.49. The maximum Gasteiger partial charge on any atom is 0.108 e. The maximum atomic E-state index is 8.61. The van der Waals surface area contributed by atoms with E-state index in [-0.39, 0.29) is 0 Å². The number of hydrogen-bond acceptors (Lipinski definition) is 3. The molecule has 0 amide bonds. The number of fused-ring (bicyclic) bond motifs is 1. The molecule has 0 aliphatic carbocycles. The smallest absolute Gasteiger partial charge is 0.108 e. The summed E-state index contributed by atoms with van der Waals surface area (Å²) in [7, 11) is 1.82. The van der Waals surface area contributed by atoms with Crippen LogP contribution in [-0.4, -0.2) is 14.8 Å². The molecule has 0 unspecified atom stereocenters. The van der Waals surface area contributed by atoms with Gasteiger partial charge >= 0.3 is 0 Å². The Kier molecular flexibility index (Phi) is 1.31. The van der Waals surface area contributed by atoms with Crippen LogP contribution in [0.2, 0.25) is 0 Å². The fourth-order valence-corrected chi connectivity index (χ4v) is 1.09. The molecule has 12 heavy (non-hydrogen) atoms. The summed E-state index contributed by atoms with van der Waals surface area (Å²) in [6.07, 6.45) is 3.22. The number of pyridine rings is 1. The molecule has 58 valence electrons. The fourth-order valence-electron chi connectivity index (χ4n) is 1.09. The highest BCUT2D eigenvalue weighted by molar-refractivity contribution is 5.75. The normalized spacial score (nSPS) is 10.0. The minimum absolute atomic E-state index is 0.561. The highest BCUT2D eigenvalue weighted by Gasteiger charge is 2.00. The van der Waals surface area contributed by atoms with Gasteiger partial charge in [0.05, 0.1) is 17.3 Å². The molecule has 0 aromatic carbocycles. The Hall–Kier alpha value is -1.89. The molecule has 0 aliphatic heterocycles. The van der Waals surface area contributed by atoms with Crippen LogP contribution in [0, 0.1) is 11.3 Å². The first kappa shape index (κ1) is 6.80. The van der Waals surface area contributed by atoms with E-state index in [1.807, 2.05) is 13.1 Å². The average molecular weight is 158 g/mol. The third-order valence-electron chi connectivity index (χ3n) is 1.73. The van der Waals surface area contributed by atoms with E-state index in [2.05, 4.69) is 10.1 Å². The summed E-state index contributed by atoms with van der Waals surface area (Å²) in [6, 6.07) is 3.81. The van der Waals surface area contributed by atoms with Gasteiger partial charge in [0.1, 0.15) is 11.6 Å². The number of rotatable bonds is 0. The zero-order valence-corrected chi connectivity index (χ0v) is 6.52. The quantitative estimate of drug-likeness (QED) is 0.570. The van der Waals surface area contributed by atoms with Gasteiger partial charge in [-0.15, -0.1) is 0 Å². The molecule has 2 rings (SSSR count). The van der Waals surface area contributed by atoms with E-state index >= 15 is 0 Å². The highest BCUT2D eigenvalue weighted by atomic mass is 15.3. The second-order valence-electron chi connectivity index (χ2n) is 2.51. The Balaban J connectivity index is 2.82. The third kappa shape index (κ3) is 0.839. The van der Waals surface area contributed by atoms with Gasteiger partial charge in [-0.3, -0.25) is 9.67 Å². The van der Waals surface area contributed by atoms with Crippen molar-refractivity contribution < 1.29 is 0 Å². The van der Waals surface area contributed by atoms with Gasteiger partial charge in [-0.25, -0.2) is 0 Å². The molecule has 0 saturated carbocycles. The Bertz CT molecular complexity index is 463. The summed E-state index contributed by atoms with van der Waals surface area (Å²) >= 11 is 0. The number of aryl methyl sites for hydroxylation is 1. The van der Waals surface area contributed by atoms with E-state index in [0.717, 1.165) is 11.0 Å². The number of aromatic nitrogens is 3. The molecule has 0 bridgehead atoms. The van der Waals surface area contributed by atoms with Crippen LogP contribution in [0.15, 0.2) is 18.5 Å².